The van der Waals surface area contributed by atoms with Gasteiger partial charge in [-0.25, -0.2) is 12.8 Å². The van der Waals surface area contributed by atoms with Crippen molar-refractivity contribution in [1.29, 1.82) is 0 Å². The monoisotopic (exact) mass is 534 g/mol. The molecule has 1 unspecified atom stereocenters. The van der Waals surface area contributed by atoms with Crippen LogP contribution in [0.5, 0.6) is 5.75 Å². The standard InChI is InChI=1S/C23H24FN4O6PS/c1-34-35(31)19-12-15(27-36(2,32)33)6-7-17(19)25-22(26-35)20-21(29)16-11-14(24)5-8-18(16)28(23(20)30)10-9-13-3-4-13/h5-8,11-13,27,29H,3-4,9-10H2,1-2H3,(H,25,26,31). The first-order valence-corrected chi connectivity index (χ1v) is 14.7. The van der Waals surface area contributed by atoms with Crippen LogP contribution in [0.4, 0.5) is 15.8 Å². The van der Waals surface area contributed by atoms with Crippen LogP contribution in [0.3, 0.4) is 0 Å². The molecule has 2 heterocycles. The van der Waals surface area contributed by atoms with E-state index in [1.807, 2.05) is 0 Å². The zero-order valence-electron chi connectivity index (χ0n) is 19.5. The molecule has 3 aromatic rings. The topological polar surface area (TPSA) is 139 Å². The van der Waals surface area contributed by atoms with Gasteiger partial charge >= 0.3 is 7.52 Å². The molecule has 1 fully saturated rings. The van der Waals surface area contributed by atoms with E-state index in [1.165, 1.54) is 42.0 Å². The number of aromatic hydroxyl groups is 1. The predicted octanol–water partition coefficient (Wildman–Crippen LogP) is 3.35. The van der Waals surface area contributed by atoms with Gasteiger partial charge in [-0.1, -0.05) is 12.8 Å². The molecule has 2 aliphatic rings. The molecule has 10 nitrogen and oxygen atoms in total. The Morgan fingerprint density at radius 2 is 2.03 bits per heavy atom. The lowest BCUT2D eigenvalue weighted by Crippen LogP contribution is -2.33. The molecule has 0 spiro atoms. The van der Waals surface area contributed by atoms with Gasteiger partial charge in [0.05, 0.1) is 22.8 Å². The van der Waals surface area contributed by atoms with E-state index < -0.39 is 34.7 Å². The highest BCUT2D eigenvalue weighted by Gasteiger charge is 2.35. The number of sulfonamides is 1. The van der Waals surface area contributed by atoms with E-state index in [1.54, 1.807) is 0 Å². The zero-order chi connectivity index (χ0) is 25.8. The van der Waals surface area contributed by atoms with Crippen molar-refractivity contribution < 1.29 is 27.0 Å². The lowest BCUT2D eigenvalue weighted by atomic mass is 10.1. The fourth-order valence-electron chi connectivity index (χ4n) is 4.31. The van der Waals surface area contributed by atoms with Crippen LogP contribution < -0.4 is 20.9 Å². The highest BCUT2D eigenvalue weighted by molar-refractivity contribution is 7.92. The average Bonchev–Trinajstić information content (AvgIpc) is 3.63. The van der Waals surface area contributed by atoms with Crippen LogP contribution in [0.1, 0.15) is 24.8 Å². The number of pyridine rings is 1. The summed E-state index contributed by atoms with van der Waals surface area (Å²) in [6, 6.07) is 8.05. The van der Waals surface area contributed by atoms with Crippen molar-refractivity contribution in [2.75, 3.05) is 23.4 Å². The quantitative estimate of drug-likeness (QED) is 0.395. The van der Waals surface area contributed by atoms with Crippen LogP contribution in [0, 0.1) is 11.7 Å². The first-order chi connectivity index (χ1) is 17.0. The van der Waals surface area contributed by atoms with Crippen molar-refractivity contribution in [3.8, 4) is 5.75 Å². The first kappa shape index (κ1) is 24.5. The van der Waals surface area contributed by atoms with Gasteiger partial charge in [-0.2, -0.15) is 4.76 Å². The predicted molar refractivity (Wildman–Crippen MR) is 136 cm³/mol. The Balaban J connectivity index is 1.68. The Morgan fingerprint density at radius 1 is 1.28 bits per heavy atom. The van der Waals surface area contributed by atoms with Crippen LogP contribution in [-0.4, -0.2) is 37.3 Å². The zero-order valence-corrected chi connectivity index (χ0v) is 21.2. The van der Waals surface area contributed by atoms with E-state index >= 15 is 0 Å². The number of hydrogen-bond acceptors (Lipinski definition) is 7. The SMILES string of the molecule is COP1(=O)N=C(c2c(O)c3cc(F)ccc3n(CCC3CC3)c2=O)Nc2ccc(NS(C)(=O)=O)cc21. The summed E-state index contributed by atoms with van der Waals surface area (Å²) in [5, 5.41) is 14.2. The molecule has 5 rings (SSSR count). The molecule has 0 bridgehead atoms. The molecule has 1 atom stereocenters. The Kier molecular flexibility index (Phi) is 5.93. The van der Waals surface area contributed by atoms with Gasteiger partial charge < -0.3 is 19.5 Å². The Morgan fingerprint density at radius 3 is 2.69 bits per heavy atom. The van der Waals surface area contributed by atoms with Gasteiger partial charge in [-0.3, -0.25) is 14.1 Å². The van der Waals surface area contributed by atoms with Crippen molar-refractivity contribution in [1.82, 2.24) is 4.57 Å². The number of nitrogens with zero attached hydrogens (tertiary/aromatic N) is 2. The number of halogens is 1. The molecule has 190 valence electrons. The van der Waals surface area contributed by atoms with Gasteiger partial charge in [0.25, 0.3) is 5.56 Å². The highest BCUT2D eigenvalue weighted by Crippen LogP contribution is 2.52. The summed E-state index contributed by atoms with van der Waals surface area (Å²) >= 11 is 0. The summed E-state index contributed by atoms with van der Waals surface area (Å²) in [7, 11) is -6.40. The second-order valence-electron chi connectivity index (χ2n) is 8.96. The van der Waals surface area contributed by atoms with E-state index in [9.17, 15) is 27.3 Å². The van der Waals surface area contributed by atoms with Gasteiger partial charge in [0, 0.05) is 24.7 Å². The molecule has 1 aliphatic carbocycles. The number of rotatable bonds is 7. The van der Waals surface area contributed by atoms with Crippen molar-refractivity contribution in [3.05, 3.63) is 58.1 Å². The van der Waals surface area contributed by atoms with Gasteiger partial charge in [-0.15, -0.1) is 0 Å². The first-order valence-electron chi connectivity index (χ1n) is 11.2. The van der Waals surface area contributed by atoms with E-state index in [2.05, 4.69) is 14.8 Å². The maximum atomic E-state index is 14.1. The largest absolute Gasteiger partial charge is 0.506 e. The van der Waals surface area contributed by atoms with Crippen molar-refractivity contribution in [3.63, 3.8) is 0 Å². The fraction of sp³-hybridized carbons (Fsp3) is 0.304. The Hall–Kier alpha value is -3.21. The van der Waals surface area contributed by atoms with Gasteiger partial charge in [0.1, 0.15) is 17.1 Å². The fourth-order valence-corrected chi connectivity index (χ4v) is 6.40. The number of amidine groups is 1. The molecular formula is C23H24FN4O6PS. The number of fused-ring (bicyclic) bond motifs is 2. The smallest absolute Gasteiger partial charge is 0.348 e. The summed E-state index contributed by atoms with van der Waals surface area (Å²) in [5.74, 6) is -0.756. The number of hydrogen-bond donors (Lipinski definition) is 3. The minimum absolute atomic E-state index is 0.0859. The van der Waals surface area contributed by atoms with Crippen LogP contribution in [0.25, 0.3) is 10.9 Å². The number of anilines is 2. The molecule has 13 heteroatoms. The molecule has 3 N–H and O–H groups in total. The summed E-state index contributed by atoms with van der Waals surface area (Å²) < 4.78 is 64.3. The lowest BCUT2D eigenvalue weighted by molar-refractivity contribution is 0.404. The maximum Gasteiger partial charge on any atom is 0.348 e. The maximum absolute atomic E-state index is 14.1. The van der Waals surface area contributed by atoms with E-state index in [0.717, 1.165) is 31.6 Å². The second kappa shape index (κ2) is 8.72. The van der Waals surface area contributed by atoms with Crippen LogP contribution in [0.2, 0.25) is 0 Å². The van der Waals surface area contributed by atoms with Gasteiger partial charge in [-0.05, 0) is 48.7 Å². The summed E-state index contributed by atoms with van der Waals surface area (Å²) in [4.78, 5) is 13.6. The molecule has 1 aromatic heterocycles. The van der Waals surface area contributed by atoms with E-state index in [-0.39, 0.29) is 33.5 Å². The molecule has 1 aliphatic heterocycles. The highest BCUT2D eigenvalue weighted by atomic mass is 32.2. The van der Waals surface area contributed by atoms with Crippen LogP contribution in [-0.2, 0) is 25.7 Å². The average molecular weight is 535 g/mol. The van der Waals surface area contributed by atoms with Crippen molar-refractivity contribution >= 4 is 51.0 Å². The molecule has 1 saturated carbocycles. The molecule has 36 heavy (non-hydrogen) atoms. The molecule has 0 radical (unpaired) electrons. The number of nitrogens with one attached hydrogen (secondary N) is 2. The third-order valence-electron chi connectivity index (χ3n) is 6.23. The van der Waals surface area contributed by atoms with Crippen LogP contribution in [0.15, 0.2) is 46.0 Å². The van der Waals surface area contributed by atoms with Crippen LogP contribution >= 0.6 is 7.52 Å². The van der Waals surface area contributed by atoms with Crippen molar-refractivity contribution in [2.45, 2.75) is 25.8 Å². The summed E-state index contributed by atoms with van der Waals surface area (Å²) in [6.07, 6.45) is 3.91. The minimum atomic E-state index is -3.99. The number of aryl methyl sites for hydroxylation is 1. The summed E-state index contributed by atoms with van der Waals surface area (Å²) in [6.45, 7) is 0.366. The molecular weight excluding hydrogens is 510 g/mol. The Labute approximate surface area is 206 Å². The number of aromatic nitrogens is 1. The molecule has 2 aromatic carbocycles. The molecule has 0 saturated heterocycles. The number of benzene rings is 2. The second-order valence-corrected chi connectivity index (χ2v) is 12.8. The van der Waals surface area contributed by atoms with Crippen molar-refractivity contribution in [2.24, 2.45) is 10.7 Å². The summed E-state index contributed by atoms with van der Waals surface area (Å²) in [5.41, 5.74) is -0.0380. The van der Waals surface area contributed by atoms with Gasteiger partial charge in [0.2, 0.25) is 10.0 Å². The third kappa shape index (κ3) is 4.52. The lowest BCUT2D eigenvalue weighted by Gasteiger charge is -2.25. The van der Waals surface area contributed by atoms with E-state index in [4.69, 9.17) is 4.52 Å². The Bertz CT molecular complexity index is 1650. The van der Waals surface area contributed by atoms with Gasteiger partial charge in [0.15, 0.2) is 5.84 Å². The third-order valence-corrected chi connectivity index (χ3v) is 8.78. The normalized spacial score (nSPS) is 19.5. The molecule has 0 amide bonds. The van der Waals surface area contributed by atoms with E-state index in [0.29, 0.717) is 18.0 Å². The minimum Gasteiger partial charge on any atom is -0.506 e.